The minimum Gasteiger partial charge on any atom is -0.368 e. The van der Waals surface area contributed by atoms with Crippen molar-refractivity contribution in [1.82, 2.24) is 29.6 Å². The molecule has 0 bridgehead atoms. The molecule has 1 aliphatic heterocycles. The summed E-state index contributed by atoms with van der Waals surface area (Å²) in [6.07, 6.45) is 3.41. The molecule has 1 amide bonds. The highest BCUT2D eigenvalue weighted by Crippen LogP contribution is 2.33. The number of thioether (sulfide) groups is 1. The van der Waals surface area contributed by atoms with Crippen LogP contribution in [-0.2, 0) is 5.75 Å². The van der Waals surface area contributed by atoms with E-state index in [0.29, 0.717) is 53.6 Å². The van der Waals surface area contributed by atoms with Crippen molar-refractivity contribution in [3.05, 3.63) is 104 Å². The number of thiazole rings is 1. The van der Waals surface area contributed by atoms with Crippen molar-refractivity contribution in [1.29, 1.82) is 0 Å². The van der Waals surface area contributed by atoms with Gasteiger partial charge in [-0.3, -0.25) is 24.5 Å². The lowest BCUT2D eigenvalue weighted by Crippen LogP contribution is -2.48. The number of benzene rings is 2. The first-order valence-electron chi connectivity index (χ1n) is 12.9. The Labute approximate surface area is 254 Å². The van der Waals surface area contributed by atoms with Gasteiger partial charge in [-0.25, -0.2) is 4.98 Å². The fourth-order valence-electron chi connectivity index (χ4n) is 4.62. The largest absolute Gasteiger partial charge is 0.368 e. The Morgan fingerprint density at radius 3 is 2.45 bits per heavy atom. The van der Waals surface area contributed by atoms with E-state index < -0.39 is 4.92 Å². The number of nitrogens with zero attached hydrogens (tertiary/aromatic N) is 8. The number of hydrogen-bond donors (Lipinski definition) is 0. The van der Waals surface area contributed by atoms with Crippen molar-refractivity contribution in [3.8, 4) is 17.1 Å². The van der Waals surface area contributed by atoms with Gasteiger partial charge in [0.05, 0.1) is 21.4 Å². The average Bonchev–Trinajstić information content (AvgIpc) is 3.68. The van der Waals surface area contributed by atoms with Crippen LogP contribution in [0.15, 0.2) is 83.6 Å². The molecule has 5 aromatic rings. The van der Waals surface area contributed by atoms with Crippen LogP contribution in [0.1, 0.15) is 15.5 Å². The van der Waals surface area contributed by atoms with E-state index in [1.54, 1.807) is 34.8 Å². The van der Waals surface area contributed by atoms with Gasteiger partial charge in [0.25, 0.3) is 11.6 Å². The van der Waals surface area contributed by atoms with Gasteiger partial charge in [-0.1, -0.05) is 35.5 Å². The van der Waals surface area contributed by atoms with Crippen LogP contribution in [0.5, 0.6) is 0 Å². The van der Waals surface area contributed by atoms with Crippen LogP contribution in [0.2, 0.25) is 5.02 Å². The highest BCUT2D eigenvalue weighted by atomic mass is 35.5. The van der Waals surface area contributed by atoms with Crippen molar-refractivity contribution < 1.29 is 9.72 Å². The van der Waals surface area contributed by atoms with E-state index in [9.17, 15) is 14.9 Å². The maximum absolute atomic E-state index is 13.2. The second-order valence-corrected chi connectivity index (χ2v) is 11.6. The third-order valence-electron chi connectivity index (χ3n) is 6.75. The minimum absolute atomic E-state index is 0.0587. The number of carbonyl (C=O) groups is 1. The smallest absolute Gasteiger partial charge is 0.273 e. The maximum Gasteiger partial charge on any atom is 0.273 e. The van der Waals surface area contributed by atoms with Gasteiger partial charge in [-0.15, -0.1) is 21.5 Å². The van der Waals surface area contributed by atoms with E-state index in [1.807, 2.05) is 41.0 Å². The average molecular weight is 619 g/mol. The van der Waals surface area contributed by atoms with Crippen LogP contribution in [-0.4, -0.2) is 66.6 Å². The number of anilines is 1. The Bertz CT molecular complexity index is 1720. The predicted molar refractivity (Wildman–Crippen MR) is 162 cm³/mol. The van der Waals surface area contributed by atoms with E-state index in [1.165, 1.54) is 35.2 Å². The molecule has 4 heterocycles. The number of rotatable bonds is 8. The monoisotopic (exact) mass is 618 g/mol. The lowest BCUT2D eigenvalue weighted by atomic mass is 10.2. The number of para-hydroxylation sites is 1. The standard InChI is InChI=1S/C28H23ClN8O3S2/c29-22-3-1-2-4-24(22)36-26(19-9-11-30-12-10-19)32-33-28(36)42-18-25-31-23(17-41-25)27(38)35-15-13-34(14-16-35)20-5-7-21(8-6-20)37(39)40/h1-12,17H,13-16,18H2. The maximum atomic E-state index is 13.2. The van der Waals surface area contributed by atoms with Gasteiger partial charge in [0.2, 0.25) is 0 Å². The second-order valence-electron chi connectivity index (χ2n) is 9.30. The number of piperazine rings is 1. The van der Waals surface area contributed by atoms with E-state index in [4.69, 9.17) is 11.6 Å². The van der Waals surface area contributed by atoms with Crippen LogP contribution in [0.25, 0.3) is 17.1 Å². The first-order chi connectivity index (χ1) is 20.5. The molecule has 2 aromatic carbocycles. The Morgan fingerprint density at radius 2 is 1.74 bits per heavy atom. The summed E-state index contributed by atoms with van der Waals surface area (Å²) in [5.41, 5.74) is 3.01. The van der Waals surface area contributed by atoms with E-state index in [-0.39, 0.29) is 11.6 Å². The Hall–Kier alpha value is -4.33. The van der Waals surface area contributed by atoms with Gasteiger partial charge < -0.3 is 9.80 Å². The molecule has 212 valence electrons. The van der Waals surface area contributed by atoms with Crippen LogP contribution in [0, 0.1) is 10.1 Å². The molecule has 1 saturated heterocycles. The van der Waals surface area contributed by atoms with Crippen LogP contribution < -0.4 is 4.90 Å². The molecule has 11 nitrogen and oxygen atoms in total. The van der Waals surface area contributed by atoms with E-state index in [2.05, 4.69) is 25.1 Å². The molecule has 0 unspecified atom stereocenters. The number of aromatic nitrogens is 5. The van der Waals surface area contributed by atoms with Gasteiger partial charge in [0.15, 0.2) is 11.0 Å². The molecule has 0 N–H and O–H groups in total. The highest BCUT2D eigenvalue weighted by molar-refractivity contribution is 7.98. The van der Waals surface area contributed by atoms with E-state index >= 15 is 0 Å². The summed E-state index contributed by atoms with van der Waals surface area (Å²) in [4.78, 5) is 36.4. The van der Waals surface area contributed by atoms with Crippen LogP contribution in [0.3, 0.4) is 0 Å². The Morgan fingerprint density at radius 1 is 1.00 bits per heavy atom. The molecular formula is C28H23ClN8O3S2. The molecule has 0 atom stereocenters. The number of carbonyl (C=O) groups excluding carboxylic acids is 1. The SMILES string of the molecule is O=C(c1csc(CSc2nnc(-c3ccncc3)n2-c2ccccc2Cl)n1)N1CCN(c2ccc([N+](=O)[O-])cc2)CC1. The summed E-state index contributed by atoms with van der Waals surface area (Å²) >= 11 is 9.46. The minimum atomic E-state index is -0.412. The number of non-ortho nitro benzene ring substituents is 1. The number of amides is 1. The summed E-state index contributed by atoms with van der Waals surface area (Å²) < 4.78 is 1.92. The van der Waals surface area contributed by atoms with Gasteiger partial charge in [0, 0.05) is 67.3 Å². The third kappa shape index (κ3) is 5.84. The third-order valence-corrected chi connectivity index (χ3v) is 9.04. The fourth-order valence-corrected chi connectivity index (χ4v) is 6.57. The van der Waals surface area contributed by atoms with Crippen molar-refractivity contribution in [2.24, 2.45) is 0 Å². The summed E-state index contributed by atoms with van der Waals surface area (Å²) in [7, 11) is 0. The second kappa shape index (κ2) is 12.3. The molecule has 14 heteroatoms. The Kier molecular flexibility index (Phi) is 8.13. The lowest BCUT2D eigenvalue weighted by molar-refractivity contribution is -0.384. The molecule has 42 heavy (non-hydrogen) atoms. The highest BCUT2D eigenvalue weighted by Gasteiger charge is 2.25. The summed E-state index contributed by atoms with van der Waals surface area (Å²) in [6.45, 7) is 2.34. The van der Waals surface area contributed by atoms with Gasteiger partial charge >= 0.3 is 0 Å². The number of halogens is 1. The van der Waals surface area contributed by atoms with Crippen molar-refractivity contribution in [3.63, 3.8) is 0 Å². The lowest BCUT2D eigenvalue weighted by Gasteiger charge is -2.35. The van der Waals surface area contributed by atoms with Crippen molar-refractivity contribution >= 4 is 52.0 Å². The van der Waals surface area contributed by atoms with Crippen LogP contribution >= 0.6 is 34.7 Å². The zero-order valence-electron chi connectivity index (χ0n) is 22.0. The Balaban J connectivity index is 1.12. The molecule has 0 spiro atoms. The van der Waals surface area contributed by atoms with Gasteiger partial charge in [-0.05, 0) is 36.4 Å². The normalized spacial score (nSPS) is 13.4. The summed E-state index contributed by atoms with van der Waals surface area (Å²) in [5.74, 6) is 1.05. The van der Waals surface area contributed by atoms with Crippen LogP contribution in [0.4, 0.5) is 11.4 Å². The zero-order chi connectivity index (χ0) is 29.1. The quantitative estimate of drug-likeness (QED) is 0.124. The molecule has 0 aliphatic carbocycles. The topological polar surface area (TPSA) is 123 Å². The van der Waals surface area contributed by atoms with Gasteiger partial charge in [0.1, 0.15) is 10.7 Å². The molecular weight excluding hydrogens is 596 g/mol. The molecule has 0 saturated carbocycles. The first-order valence-corrected chi connectivity index (χ1v) is 15.2. The molecule has 3 aromatic heterocycles. The van der Waals surface area contributed by atoms with E-state index in [0.717, 1.165) is 21.9 Å². The predicted octanol–water partition coefficient (Wildman–Crippen LogP) is 5.60. The number of hydrogen-bond acceptors (Lipinski definition) is 10. The number of nitro groups is 1. The first kappa shape index (κ1) is 27.8. The van der Waals surface area contributed by atoms with Gasteiger partial charge in [-0.2, -0.15) is 0 Å². The summed E-state index contributed by atoms with van der Waals surface area (Å²) in [6, 6.07) is 17.8. The molecule has 6 rings (SSSR count). The van der Waals surface area contributed by atoms with Crippen molar-refractivity contribution in [2.45, 2.75) is 10.9 Å². The molecule has 1 fully saturated rings. The fraction of sp³-hybridized carbons (Fsp3) is 0.179. The molecule has 1 aliphatic rings. The number of nitro benzene ring substituents is 1. The zero-order valence-corrected chi connectivity index (χ0v) is 24.4. The summed E-state index contributed by atoms with van der Waals surface area (Å²) in [5, 5.41) is 23.6. The van der Waals surface area contributed by atoms with Crippen molar-refractivity contribution in [2.75, 3.05) is 31.1 Å². The molecule has 0 radical (unpaired) electrons. The number of pyridine rings is 1.